The SMILES string of the molecule is CCCC(CN)NS(=O)(=O)c1ccc2c(c1)oc(=O)n2C. The Labute approximate surface area is 122 Å². The second kappa shape index (κ2) is 6.00. The number of nitrogens with zero attached hydrogens (tertiary/aromatic N) is 1. The highest BCUT2D eigenvalue weighted by molar-refractivity contribution is 7.89. The molecule has 0 saturated carbocycles. The molecule has 0 aliphatic rings. The first-order valence-electron chi connectivity index (χ1n) is 6.71. The van der Waals surface area contributed by atoms with Gasteiger partial charge >= 0.3 is 5.76 Å². The second-order valence-corrected chi connectivity index (χ2v) is 6.61. The maximum absolute atomic E-state index is 12.3. The molecule has 0 amide bonds. The van der Waals surface area contributed by atoms with Crippen LogP contribution in [-0.2, 0) is 17.1 Å². The molecule has 21 heavy (non-hydrogen) atoms. The molecule has 1 unspecified atom stereocenters. The molecule has 1 heterocycles. The first-order chi connectivity index (χ1) is 9.89. The van der Waals surface area contributed by atoms with E-state index in [9.17, 15) is 13.2 Å². The Kier molecular flexibility index (Phi) is 4.50. The second-order valence-electron chi connectivity index (χ2n) is 4.90. The van der Waals surface area contributed by atoms with Crippen molar-refractivity contribution in [2.75, 3.05) is 6.54 Å². The third kappa shape index (κ3) is 3.17. The number of aryl methyl sites for hydroxylation is 1. The van der Waals surface area contributed by atoms with E-state index in [2.05, 4.69) is 4.72 Å². The van der Waals surface area contributed by atoms with E-state index >= 15 is 0 Å². The van der Waals surface area contributed by atoms with E-state index in [1.807, 2.05) is 6.92 Å². The van der Waals surface area contributed by atoms with E-state index < -0.39 is 15.8 Å². The topological polar surface area (TPSA) is 107 Å². The Morgan fingerprint density at radius 1 is 1.43 bits per heavy atom. The highest BCUT2D eigenvalue weighted by Crippen LogP contribution is 2.18. The van der Waals surface area contributed by atoms with Crippen molar-refractivity contribution >= 4 is 21.1 Å². The largest absolute Gasteiger partial charge is 0.419 e. The van der Waals surface area contributed by atoms with Gasteiger partial charge in [0.1, 0.15) is 0 Å². The van der Waals surface area contributed by atoms with Gasteiger partial charge < -0.3 is 10.2 Å². The third-order valence-corrected chi connectivity index (χ3v) is 4.84. The van der Waals surface area contributed by atoms with Gasteiger partial charge in [0.25, 0.3) is 0 Å². The van der Waals surface area contributed by atoms with Gasteiger partial charge in [0.15, 0.2) is 5.58 Å². The van der Waals surface area contributed by atoms with Crippen LogP contribution in [0.5, 0.6) is 0 Å². The summed E-state index contributed by atoms with van der Waals surface area (Å²) in [7, 11) is -2.13. The molecule has 1 aromatic heterocycles. The summed E-state index contributed by atoms with van der Waals surface area (Å²) in [6, 6.07) is 4.03. The molecular weight excluding hydrogens is 294 g/mol. The number of benzene rings is 1. The average Bonchev–Trinajstić information content (AvgIpc) is 2.73. The van der Waals surface area contributed by atoms with Crippen LogP contribution in [-0.4, -0.2) is 25.6 Å². The van der Waals surface area contributed by atoms with E-state index in [1.54, 1.807) is 13.1 Å². The lowest BCUT2D eigenvalue weighted by Crippen LogP contribution is -2.39. The van der Waals surface area contributed by atoms with Gasteiger partial charge in [0.2, 0.25) is 10.0 Å². The van der Waals surface area contributed by atoms with Crippen LogP contribution in [0.15, 0.2) is 32.3 Å². The van der Waals surface area contributed by atoms with Crippen molar-refractivity contribution in [2.45, 2.75) is 30.7 Å². The molecule has 0 radical (unpaired) electrons. The quantitative estimate of drug-likeness (QED) is 0.809. The standard InChI is InChI=1S/C13H19N3O4S/c1-3-4-9(8-14)15-21(18,19)10-5-6-11-12(7-10)20-13(17)16(11)2/h5-7,9,15H,3-4,8,14H2,1-2H3. The smallest absolute Gasteiger partial charge is 0.408 e. The van der Waals surface area contributed by atoms with Crippen LogP contribution in [0.2, 0.25) is 0 Å². The van der Waals surface area contributed by atoms with Crippen LogP contribution in [0.3, 0.4) is 0 Å². The summed E-state index contributed by atoms with van der Waals surface area (Å²) in [4.78, 5) is 11.5. The van der Waals surface area contributed by atoms with Gasteiger partial charge in [0, 0.05) is 25.7 Å². The minimum atomic E-state index is -3.69. The fraction of sp³-hybridized carbons (Fsp3) is 0.462. The zero-order valence-electron chi connectivity index (χ0n) is 12.0. The molecular formula is C13H19N3O4S. The number of hydrogen-bond acceptors (Lipinski definition) is 5. The summed E-state index contributed by atoms with van der Waals surface area (Å²) in [6.07, 6.45) is 1.50. The van der Waals surface area contributed by atoms with Crippen molar-refractivity contribution < 1.29 is 12.8 Å². The zero-order chi connectivity index (χ0) is 15.6. The number of nitrogens with one attached hydrogen (secondary N) is 1. The molecule has 116 valence electrons. The minimum absolute atomic E-state index is 0.0545. The lowest BCUT2D eigenvalue weighted by atomic mass is 10.2. The van der Waals surface area contributed by atoms with Crippen LogP contribution in [0.1, 0.15) is 19.8 Å². The normalized spacial score (nSPS) is 13.7. The average molecular weight is 313 g/mol. The van der Waals surface area contributed by atoms with Gasteiger partial charge in [-0.25, -0.2) is 17.9 Å². The summed E-state index contributed by atoms with van der Waals surface area (Å²) in [5.41, 5.74) is 6.35. The summed E-state index contributed by atoms with van der Waals surface area (Å²) in [5, 5.41) is 0. The molecule has 0 aliphatic carbocycles. The maximum Gasteiger partial charge on any atom is 0.419 e. The zero-order valence-corrected chi connectivity index (χ0v) is 12.8. The van der Waals surface area contributed by atoms with Crippen LogP contribution >= 0.6 is 0 Å². The van der Waals surface area contributed by atoms with E-state index in [0.717, 1.165) is 6.42 Å². The van der Waals surface area contributed by atoms with Gasteiger partial charge in [-0.2, -0.15) is 0 Å². The van der Waals surface area contributed by atoms with Gasteiger partial charge in [-0.3, -0.25) is 4.57 Å². The van der Waals surface area contributed by atoms with E-state index in [0.29, 0.717) is 11.9 Å². The molecule has 1 aromatic carbocycles. The molecule has 2 aromatic rings. The molecule has 3 N–H and O–H groups in total. The Bertz CT molecular complexity index is 791. The van der Waals surface area contributed by atoms with Crippen LogP contribution in [0, 0.1) is 0 Å². The molecule has 0 spiro atoms. The van der Waals surface area contributed by atoms with Crippen LogP contribution in [0.25, 0.3) is 11.1 Å². The highest BCUT2D eigenvalue weighted by Gasteiger charge is 2.20. The molecule has 1 atom stereocenters. The lowest BCUT2D eigenvalue weighted by molar-refractivity contribution is 0.523. The van der Waals surface area contributed by atoms with Gasteiger partial charge in [-0.1, -0.05) is 13.3 Å². The van der Waals surface area contributed by atoms with Crippen molar-refractivity contribution in [3.63, 3.8) is 0 Å². The number of hydrogen-bond donors (Lipinski definition) is 2. The molecule has 0 saturated heterocycles. The van der Waals surface area contributed by atoms with Crippen molar-refractivity contribution in [2.24, 2.45) is 12.8 Å². The van der Waals surface area contributed by atoms with Crippen molar-refractivity contribution in [1.29, 1.82) is 0 Å². The number of rotatable bonds is 6. The van der Waals surface area contributed by atoms with Gasteiger partial charge in [0.05, 0.1) is 10.4 Å². The van der Waals surface area contributed by atoms with Gasteiger partial charge in [-0.15, -0.1) is 0 Å². The molecule has 0 fully saturated rings. The fourth-order valence-corrected chi connectivity index (χ4v) is 3.44. The number of sulfonamides is 1. The Hall–Kier alpha value is -1.64. The molecule has 7 nitrogen and oxygen atoms in total. The maximum atomic E-state index is 12.3. The van der Waals surface area contributed by atoms with Gasteiger partial charge in [-0.05, 0) is 18.6 Å². The molecule has 0 aliphatic heterocycles. The lowest BCUT2D eigenvalue weighted by Gasteiger charge is -2.16. The Morgan fingerprint density at radius 2 is 2.14 bits per heavy atom. The Morgan fingerprint density at radius 3 is 2.76 bits per heavy atom. The molecule has 2 rings (SSSR count). The monoisotopic (exact) mass is 313 g/mol. The van der Waals surface area contributed by atoms with E-state index in [-0.39, 0.29) is 23.1 Å². The highest BCUT2D eigenvalue weighted by atomic mass is 32.2. The summed E-state index contributed by atoms with van der Waals surface area (Å²) in [6.45, 7) is 2.19. The molecule has 8 heteroatoms. The summed E-state index contributed by atoms with van der Waals surface area (Å²) < 4.78 is 33.5. The first kappa shape index (κ1) is 15.7. The summed E-state index contributed by atoms with van der Waals surface area (Å²) >= 11 is 0. The molecule has 0 bridgehead atoms. The first-order valence-corrected chi connectivity index (χ1v) is 8.19. The van der Waals surface area contributed by atoms with Crippen LogP contribution in [0.4, 0.5) is 0 Å². The predicted molar refractivity (Wildman–Crippen MR) is 79.5 cm³/mol. The number of aromatic nitrogens is 1. The minimum Gasteiger partial charge on any atom is -0.408 e. The Balaban J connectivity index is 2.38. The number of fused-ring (bicyclic) bond motifs is 1. The van der Waals surface area contributed by atoms with E-state index in [4.69, 9.17) is 10.2 Å². The van der Waals surface area contributed by atoms with E-state index in [1.165, 1.54) is 16.7 Å². The fourth-order valence-electron chi connectivity index (χ4n) is 2.14. The number of oxazole rings is 1. The van der Waals surface area contributed by atoms with Crippen molar-refractivity contribution in [3.8, 4) is 0 Å². The van der Waals surface area contributed by atoms with Crippen molar-refractivity contribution in [3.05, 3.63) is 28.7 Å². The predicted octanol–water partition coefficient (Wildman–Crippen LogP) is 0.537. The van der Waals surface area contributed by atoms with Crippen molar-refractivity contribution in [1.82, 2.24) is 9.29 Å². The summed E-state index contributed by atoms with van der Waals surface area (Å²) in [5.74, 6) is -0.529. The third-order valence-electron chi connectivity index (χ3n) is 3.32. The number of nitrogens with two attached hydrogens (primary N) is 1. The van der Waals surface area contributed by atoms with Crippen LogP contribution < -0.4 is 16.2 Å².